The van der Waals surface area contributed by atoms with Crippen molar-refractivity contribution in [2.75, 3.05) is 11.5 Å². The average molecular weight is 431 g/mol. The fourth-order valence-electron chi connectivity index (χ4n) is 3.26. The number of fused-ring (bicyclic) bond motifs is 1. The molecule has 2 amide bonds. The number of carboxylic acids is 1. The van der Waals surface area contributed by atoms with Crippen molar-refractivity contribution in [2.24, 2.45) is 0 Å². The van der Waals surface area contributed by atoms with E-state index in [1.807, 2.05) is 30.3 Å². The Labute approximate surface area is 175 Å². The summed E-state index contributed by atoms with van der Waals surface area (Å²) in [6, 6.07) is 8.99. The van der Waals surface area contributed by atoms with E-state index in [0.717, 1.165) is 4.90 Å². The van der Waals surface area contributed by atoms with Crippen LogP contribution in [0, 0.1) is 0 Å². The van der Waals surface area contributed by atoms with Gasteiger partial charge >= 0.3 is 5.97 Å². The largest absolute Gasteiger partial charge is 0.477 e. The first kappa shape index (κ1) is 19.6. The summed E-state index contributed by atoms with van der Waals surface area (Å²) in [5.74, 6) is -0.817. The summed E-state index contributed by atoms with van der Waals surface area (Å²) in [5.41, 5.74) is 1.40. The summed E-state index contributed by atoms with van der Waals surface area (Å²) in [5, 5.41) is 12.0. The van der Waals surface area contributed by atoms with E-state index in [1.165, 1.54) is 34.8 Å². The first-order valence-electron chi connectivity index (χ1n) is 8.89. The number of thioether (sulfide) groups is 2. The van der Waals surface area contributed by atoms with Crippen LogP contribution in [0.3, 0.4) is 0 Å². The van der Waals surface area contributed by atoms with Gasteiger partial charge in [0.2, 0.25) is 5.91 Å². The van der Waals surface area contributed by atoms with Gasteiger partial charge in [-0.25, -0.2) is 9.78 Å². The van der Waals surface area contributed by atoms with Crippen LogP contribution >= 0.6 is 23.5 Å². The van der Waals surface area contributed by atoms with Crippen LogP contribution in [0.2, 0.25) is 0 Å². The molecule has 0 spiro atoms. The van der Waals surface area contributed by atoms with Crippen LogP contribution in [0.15, 0.2) is 59.0 Å². The summed E-state index contributed by atoms with van der Waals surface area (Å²) < 4.78 is 0. The molecule has 4 rings (SSSR count). The number of carbonyl (C=O) groups is 3. The first-order valence-corrected chi connectivity index (χ1v) is 10.9. The molecule has 1 unspecified atom stereocenters. The number of rotatable bonds is 7. The fourth-order valence-corrected chi connectivity index (χ4v) is 5.66. The number of H-pyrrole nitrogens is 1. The van der Waals surface area contributed by atoms with Crippen LogP contribution in [0.25, 0.3) is 0 Å². The molecular weight excluding hydrogens is 412 g/mol. The molecule has 3 N–H and O–H groups in total. The molecule has 1 aromatic carbocycles. The smallest absolute Gasteiger partial charge is 0.352 e. The van der Waals surface area contributed by atoms with Gasteiger partial charge in [-0.3, -0.25) is 14.5 Å². The monoisotopic (exact) mass is 430 g/mol. The Bertz CT molecular complexity index is 962. The van der Waals surface area contributed by atoms with Gasteiger partial charge in [-0.2, -0.15) is 0 Å². The highest BCUT2D eigenvalue weighted by Crippen LogP contribution is 2.41. The number of nitrogens with one attached hydrogen (secondary N) is 2. The zero-order chi connectivity index (χ0) is 20.4. The summed E-state index contributed by atoms with van der Waals surface area (Å²) in [6.07, 6.45) is 3.11. The molecule has 150 valence electrons. The van der Waals surface area contributed by atoms with Gasteiger partial charge in [0.05, 0.1) is 12.7 Å². The summed E-state index contributed by atoms with van der Waals surface area (Å²) in [4.78, 5) is 45.8. The van der Waals surface area contributed by atoms with Crippen molar-refractivity contribution in [2.45, 2.75) is 22.7 Å². The number of aliphatic carboxylic acids is 1. The van der Waals surface area contributed by atoms with Crippen LogP contribution in [0.5, 0.6) is 0 Å². The lowest BCUT2D eigenvalue weighted by molar-refractivity contribution is -0.150. The van der Waals surface area contributed by atoms with E-state index in [0.29, 0.717) is 22.8 Å². The molecule has 2 aliphatic rings. The molecule has 29 heavy (non-hydrogen) atoms. The molecule has 1 fully saturated rings. The van der Waals surface area contributed by atoms with Gasteiger partial charge in [0.15, 0.2) is 0 Å². The third kappa shape index (κ3) is 4.03. The second-order valence-corrected chi connectivity index (χ2v) is 8.72. The first-order chi connectivity index (χ1) is 14.0. The Morgan fingerprint density at radius 2 is 2.14 bits per heavy atom. The molecule has 1 aromatic heterocycles. The lowest BCUT2D eigenvalue weighted by Gasteiger charge is -2.49. The van der Waals surface area contributed by atoms with Crippen molar-refractivity contribution >= 4 is 41.3 Å². The van der Waals surface area contributed by atoms with Crippen molar-refractivity contribution in [3.8, 4) is 0 Å². The van der Waals surface area contributed by atoms with Crippen LogP contribution < -0.4 is 5.32 Å². The van der Waals surface area contributed by atoms with E-state index < -0.39 is 17.4 Å². The molecule has 2 aromatic rings. The molecule has 0 radical (unpaired) electrons. The van der Waals surface area contributed by atoms with Gasteiger partial charge in [-0.1, -0.05) is 18.2 Å². The number of benzene rings is 1. The SMILES string of the molecule is O=C(Cc1cnc[nH]1)N[C@@H]1C(=O)N2C(C(=O)O)=C(CSc3ccccc3)CSC12. The maximum absolute atomic E-state index is 12.6. The topological polar surface area (TPSA) is 115 Å². The van der Waals surface area contributed by atoms with Crippen molar-refractivity contribution < 1.29 is 19.5 Å². The Kier molecular flexibility index (Phi) is 5.63. The molecular formula is C19H18N4O4S2. The number of aromatic amines is 1. The van der Waals surface area contributed by atoms with Gasteiger partial charge in [0.1, 0.15) is 17.1 Å². The average Bonchev–Trinajstić information content (AvgIpc) is 3.23. The molecule has 0 saturated carbocycles. The summed E-state index contributed by atoms with van der Waals surface area (Å²) >= 11 is 3.01. The highest BCUT2D eigenvalue weighted by atomic mass is 32.2. The molecule has 10 heteroatoms. The highest BCUT2D eigenvalue weighted by molar-refractivity contribution is 8.01. The molecule has 3 heterocycles. The number of hydrogen-bond acceptors (Lipinski definition) is 6. The lowest BCUT2D eigenvalue weighted by atomic mass is 10.0. The highest BCUT2D eigenvalue weighted by Gasteiger charge is 2.54. The van der Waals surface area contributed by atoms with E-state index in [1.54, 1.807) is 6.20 Å². The van der Waals surface area contributed by atoms with Gasteiger partial charge in [-0.05, 0) is 17.7 Å². The van der Waals surface area contributed by atoms with Gasteiger partial charge in [0.25, 0.3) is 5.91 Å². The van der Waals surface area contributed by atoms with Gasteiger partial charge in [0, 0.05) is 28.3 Å². The minimum atomic E-state index is -1.12. The summed E-state index contributed by atoms with van der Waals surface area (Å²) in [6.45, 7) is 0. The minimum absolute atomic E-state index is 0.0428. The predicted molar refractivity (Wildman–Crippen MR) is 109 cm³/mol. The van der Waals surface area contributed by atoms with Gasteiger partial charge < -0.3 is 15.4 Å². The molecule has 2 aliphatic heterocycles. The Morgan fingerprint density at radius 1 is 1.34 bits per heavy atom. The van der Waals surface area contributed by atoms with Crippen LogP contribution in [-0.2, 0) is 20.8 Å². The molecule has 2 atom stereocenters. The maximum atomic E-state index is 12.6. The number of amides is 2. The number of hydrogen-bond donors (Lipinski definition) is 3. The fraction of sp³-hybridized carbons (Fsp3) is 0.263. The van der Waals surface area contributed by atoms with Crippen molar-refractivity contribution in [1.29, 1.82) is 0 Å². The zero-order valence-corrected chi connectivity index (χ0v) is 16.8. The number of nitrogens with zero attached hydrogens (tertiary/aromatic N) is 2. The van der Waals surface area contributed by atoms with E-state index >= 15 is 0 Å². The molecule has 8 nitrogen and oxygen atoms in total. The number of carboxylic acid groups (broad SMARTS) is 1. The standard InChI is InChI=1S/C19H18N4O4S2/c24-14(6-12-7-20-10-21-12)22-15-17(25)23-16(19(26)27)11(9-29-18(15)23)8-28-13-4-2-1-3-5-13/h1-5,7,10,15,18H,6,8-9H2,(H,20,21)(H,22,24)(H,26,27)/t15-,18?/m1/s1. The maximum Gasteiger partial charge on any atom is 0.352 e. The minimum Gasteiger partial charge on any atom is -0.477 e. The van der Waals surface area contributed by atoms with E-state index in [9.17, 15) is 19.5 Å². The second-order valence-electron chi connectivity index (χ2n) is 6.57. The Balaban J connectivity index is 1.44. The Morgan fingerprint density at radius 3 is 2.83 bits per heavy atom. The van der Waals surface area contributed by atoms with Gasteiger partial charge in [-0.15, -0.1) is 23.5 Å². The number of carbonyl (C=O) groups excluding carboxylic acids is 2. The quantitative estimate of drug-likeness (QED) is 0.450. The van der Waals surface area contributed by atoms with Crippen molar-refractivity contribution in [3.05, 3.63) is 59.8 Å². The van der Waals surface area contributed by atoms with E-state index in [-0.39, 0.29) is 23.9 Å². The number of β-lactam (4-membered cyclic amide) rings is 1. The third-order valence-electron chi connectivity index (χ3n) is 4.63. The van der Waals surface area contributed by atoms with E-state index in [4.69, 9.17) is 0 Å². The lowest BCUT2D eigenvalue weighted by Crippen LogP contribution is -2.70. The van der Waals surface area contributed by atoms with Crippen LogP contribution in [-0.4, -0.2) is 60.7 Å². The zero-order valence-electron chi connectivity index (χ0n) is 15.2. The normalized spacial score (nSPS) is 20.8. The molecule has 1 saturated heterocycles. The van der Waals surface area contributed by atoms with Crippen LogP contribution in [0.4, 0.5) is 0 Å². The van der Waals surface area contributed by atoms with Crippen molar-refractivity contribution in [1.82, 2.24) is 20.2 Å². The third-order valence-corrected chi connectivity index (χ3v) is 7.07. The Hall–Kier alpha value is -2.72. The predicted octanol–water partition coefficient (Wildman–Crippen LogP) is 1.48. The molecule has 0 bridgehead atoms. The van der Waals surface area contributed by atoms with Crippen molar-refractivity contribution in [3.63, 3.8) is 0 Å². The molecule has 0 aliphatic carbocycles. The summed E-state index contributed by atoms with van der Waals surface area (Å²) in [7, 11) is 0. The van der Waals surface area contributed by atoms with E-state index in [2.05, 4.69) is 15.3 Å². The number of imidazole rings is 1. The van der Waals surface area contributed by atoms with Crippen LogP contribution in [0.1, 0.15) is 5.69 Å². The number of aromatic nitrogens is 2. The second kappa shape index (κ2) is 8.34.